The lowest BCUT2D eigenvalue weighted by Gasteiger charge is -2.22. The van der Waals surface area contributed by atoms with Gasteiger partial charge in [0.25, 0.3) is 0 Å². The third kappa shape index (κ3) is 3.18. The summed E-state index contributed by atoms with van der Waals surface area (Å²) < 4.78 is 5.03. The summed E-state index contributed by atoms with van der Waals surface area (Å²) in [6.07, 6.45) is 1.54. The summed E-state index contributed by atoms with van der Waals surface area (Å²) in [7, 11) is 3.73. The average molecular weight is 251 g/mol. The monoisotopic (exact) mass is 251 g/mol. The minimum absolute atomic E-state index is 0.240. The maximum atomic E-state index is 11.9. The van der Waals surface area contributed by atoms with E-state index in [1.165, 1.54) is 0 Å². The van der Waals surface area contributed by atoms with Crippen molar-refractivity contribution < 1.29 is 9.53 Å². The molecule has 100 valence electrons. The number of aromatic nitrogens is 2. The van der Waals surface area contributed by atoms with Gasteiger partial charge in [-0.3, -0.25) is 0 Å². The first-order valence-electron chi connectivity index (χ1n) is 5.99. The zero-order valence-electron chi connectivity index (χ0n) is 11.9. The highest BCUT2D eigenvalue weighted by Crippen LogP contribution is 2.25. The number of hydrogen-bond acceptors (Lipinski definition) is 5. The van der Waals surface area contributed by atoms with E-state index in [2.05, 4.69) is 9.97 Å². The van der Waals surface area contributed by atoms with E-state index in [0.29, 0.717) is 23.8 Å². The molecule has 1 heterocycles. The van der Waals surface area contributed by atoms with Gasteiger partial charge in [0, 0.05) is 25.7 Å². The van der Waals surface area contributed by atoms with Gasteiger partial charge in [0.2, 0.25) is 5.95 Å². The first kappa shape index (κ1) is 14.4. The predicted octanol–water partition coefficient (Wildman–Crippen LogP) is 2.02. The molecular weight excluding hydrogens is 230 g/mol. The molecule has 0 fully saturated rings. The summed E-state index contributed by atoms with van der Waals surface area (Å²) in [6.45, 7) is 8.16. The molecule has 0 aliphatic carbocycles. The largest absolute Gasteiger partial charge is 0.462 e. The number of rotatable bonds is 3. The van der Waals surface area contributed by atoms with Gasteiger partial charge in [0.15, 0.2) is 0 Å². The van der Waals surface area contributed by atoms with Crippen LogP contribution in [0.1, 0.15) is 43.7 Å². The highest BCUT2D eigenvalue weighted by molar-refractivity contribution is 5.90. The summed E-state index contributed by atoms with van der Waals surface area (Å²) in [5.74, 6) is 0.223. The molecule has 0 aliphatic rings. The van der Waals surface area contributed by atoms with Gasteiger partial charge < -0.3 is 9.64 Å². The molecule has 0 saturated heterocycles. The number of anilines is 1. The van der Waals surface area contributed by atoms with Gasteiger partial charge in [0.05, 0.1) is 12.3 Å². The van der Waals surface area contributed by atoms with E-state index in [1.54, 1.807) is 13.1 Å². The molecule has 5 nitrogen and oxygen atoms in total. The number of hydrogen-bond donors (Lipinski definition) is 0. The second kappa shape index (κ2) is 5.33. The fourth-order valence-electron chi connectivity index (χ4n) is 1.52. The summed E-state index contributed by atoms with van der Waals surface area (Å²) in [4.78, 5) is 22.3. The molecule has 0 amide bonds. The lowest BCUT2D eigenvalue weighted by Crippen LogP contribution is -2.23. The second-order valence-electron chi connectivity index (χ2n) is 5.30. The molecule has 1 aromatic rings. The minimum Gasteiger partial charge on any atom is -0.462 e. The molecular formula is C13H21N3O2. The second-order valence-corrected chi connectivity index (χ2v) is 5.30. The Balaban J connectivity index is 3.30. The molecule has 0 aromatic carbocycles. The maximum Gasteiger partial charge on any atom is 0.341 e. The van der Waals surface area contributed by atoms with Crippen LogP contribution in [0.15, 0.2) is 6.20 Å². The number of nitrogens with zero attached hydrogens (tertiary/aromatic N) is 3. The van der Waals surface area contributed by atoms with Crippen LogP contribution in [0.3, 0.4) is 0 Å². The zero-order valence-corrected chi connectivity index (χ0v) is 11.9. The van der Waals surface area contributed by atoms with Gasteiger partial charge in [-0.2, -0.15) is 0 Å². The summed E-state index contributed by atoms with van der Waals surface area (Å²) in [5.41, 5.74) is 0.907. The van der Waals surface area contributed by atoms with E-state index in [-0.39, 0.29) is 11.4 Å². The Morgan fingerprint density at radius 2 is 2.00 bits per heavy atom. The Morgan fingerprint density at radius 3 is 2.44 bits per heavy atom. The summed E-state index contributed by atoms with van der Waals surface area (Å²) in [6, 6.07) is 0. The van der Waals surface area contributed by atoms with E-state index in [9.17, 15) is 4.79 Å². The van der Waals surface area contributed by atoms with E-state index in [4.69, 9.17) is 4.74 Å². The van der Waals surface area contributed by atoms with Gasteiger partial charge in [-0.15, -0.1) is 0 Å². The normalized spacial score (nSPS) is 11.2. The van der Waals surface area contributed by atoms with E-state index in [0.717, 1.165) is 0 Å². The number of carbonyl (C=O) groups excluding carboxylic acids is 1. The standard InChI is InChI=1S/C13H21N3O2/c1-7-18-11(17)9-8-14-12(16(5)6)15-10(9)13(2,3)4/h8H,7H2,1-6H3. The van der Waals surface area contributed by atoms with E-state index >= 15 is 0 Å². The third-order valence-electron chi connectivity index (χ3n) is 2.38. The van der Waals surface area contributed by atoms with Crippen molar-refractivity contribution in [3.63, 3.8) is 0 Å². The first-order valence-corrected chi connectivity index (χ1v) is 5.99. The molecule has 1 aromatic heterocycles. The molecule has 0 radical (unpaired) electrons. The lowest BCUT2D eigenvalue weighted by molar-refractivity contribution is 0.0522. The quantitative estimate of drug-likeness (QED) is 0.769. The molecule has 0 N–H and O–H groups in total. The minimum atomic E-state index is -0.368. The Morgan fingerprint density at radius 1 is 1.39 bits per heavy atom. The van der Waals surface area contributed by atoms with Gasteiger partial charge in [-0.25, -0.2) is 14.8 Å². The molecule has 0 atom stereocenters. The molecule has 0 saturated carbocycles. The van der Waals surface area contributed by atoms with Gasteiger partial charge >= 0.3 is 5.97 Å². The van der Waals surface area contributed by atoms with Crippen molar-refractivity contribution in [1.29, 1.82) is 0 Å². The van der Waals surface area contributed by atoms with Crippen LogP contribution < -0.4 is 4.90 Å². The van der Waals surface area contributed by atoms with Crippen LogP contribution in [0, 0.1) is 0 Å². The van der Waals surface area contributed by atoms with Crippen molar-refractivity contribution in [2.75, 3.05) is 25.6 Å². The Labute approximate surface area is 108 Å². The fraction of sp³-hybridized carbons (Fsp3) is 0.615. The van der Waals surface area contributed by atoms with Gasteiger partial charge in [0.1, 0.15) is 5.56 Å². The highest BCUT2D eigenvalue weighted by Gasteiger charge is 2.25. The number of ether oxygens (including phenoxy) is 1. The lowest BCUT2D eigenvalue weighted by atomic mass is 9.89. The van der Waals surface area contributed by atoms with Crippen LogP contribution in [-0.4, -0.2) is 36.6 Å². The molecule has 18 heavy (non-hydrogen) atoms. The van der Waals surface area contributed by atoms with E-state index < -0.39 is 0 Å². The molecule has 0 aliphatic heterocycles. The van der Waals surface area contributed by atoms with Crippen molar-refractivity contribution in [3.05, 3.63) is 17.5 Å². The molecule has 0 spiro atoms. The van der Waals surface area contributed by atoms with Crippen LogP contribution in [-0.2, 0) is 10.2 Å². The summed E-state index contributed by atoms with van der Waals surface area (Å²) in [5, 5.41) is 0. The fourth-order valence-corrected chi connectivity index (χ4v) is 1.52. The van der Waals surface area contributed by atoms with Crippen molar-refractivity contribution in [2.24, 2.45) is 0 Å². The predicted molar refractivity (Wildman–Crippen MR) is 71.0 cm³/mol. The smallest absolute Gasteiger partial charge is 0.341 e. The van der Waals surface area contributed by atoms with Crippen molar-refractivity contribution in [1.82, 2.24) is 9.97 Å². The topological polar surface area (TPSA) is 55.3 Å². The van der Waals surface area contributed by atoms with Crippen molar-refractivity contribution in [2.45, 2.75) is 33.1 Å². The number of carbonyl (C=O) groups is 1. The Bertz CT molecular complexity index is 436. The van der Waals surface area contributed by atoms with Crippen molar-refractivity contribution >= 4 is 11.9 Å². The highest BCUT2D eigenvalue weighted by atomic mass is 16.5. The Kier molecular flexibility index (Phi) is 4.27. The van der Waals surface area contributed by atoms with Gasteiger partial charge in [-0.1, -0.05) is 20.8 Å². The van der Waals surface area contributed by atoms with Crippen LogP contribution in [0.5, 0.6) is 0 Å². The van der Waals surface area contributed by atoms with Crippen LogP contribution in [0.2, 0.25) is 0 Å². The van der Waals surface area contributed by atoms with Crippen molar-refractivity contribution in [3.8, 4) is 0 Å². The zero-order chi connectivity index (χ0) is 13.9. The molecule has 5 heteroatoms. The van der Waals surface area contributed by atoms with Crippen LogP contribution >= 0.6 is 0 Å². The molecule has 0 bridgehead atoms. The maximum absolute atomic E-state index is 11.9. The average Bonchev–Trinajstić information content (AvgIpc) is 2.27. The first-order chi connectivity index (χ1) is 8.27. The molecule has 1 rings (SSSR count). The summed E-state index contributed by atoms with van der Waals surface area (Å²) >= 11 is 0. The molecule has 0 unspecified atom stereocenters. The van der Waals surface area contributed by atoms with Crippen LogP contribution in [0.4, 0.5) is 5.95 Å². The Hall–Kier alpha value is -1.65. The van der Waals surface area contributed by atoms with Crippen LogP contribution in [0.25, 0.3) is 0 Å². The third-order valence-corrected chi connectivity index (χ3v) is 2.38. The van der Waals surface area contributed by atoms with Gasteiger partial charge in [-0.05, 0) is 6.92 Å². The SMILES string of the molecule is CCOC(=O)c1cnc(N(C)C)nc1C(C)(C)C. The van der Waals surface area contributed by atoms with E-state index in [1.807, 2.05) is 39.8 Å². The number of esters is 1.